The summed E-state index contributed by atoms with van der Waals surface area (Å²) in [6.07, 6.45) is 14.0. The smallest absolute Gasteiger partial charge is 0.128 e. The highest BCUT2D eigenvalue weighted by molar-refractivity contribution is 6.02. The molecule has 0 saturated carbocycles. The minimum atomic E-state index is 0.114. The number of hydrogen-bond donors (Lipinski definition) is 2. The molecule has 148 valence electrons. The Morgan fingerprint density at radius 2 is 1.50 bits per heavy atom. The van der Waals surface area contributed by atoms with Crippen LogP contribution in [0.2, 0.25) is 0 Å². The van der Waals surface area contributed by atoms with Crippen LogP contribution in [0.3, 0.4) is 0 Å². The van der Waals surface area contributed by atoms with Crippen LogP contribution in [0.25, 0.3) is 0 Å². The number of ether oxygens (including phenoxy) is 1. The van der Waals surface area contributed by atoms with Crippen molar-refractivity contribution in [3.8, 4) is 11.5 Å². The molecule has 0 aliphatic heterocycles. The van der Waals surface area contributed by atoms with Gasteiger partial charge in [0, 0.05) is 11.6 Å². The molecule has 0 fully saturated rings. The SMILES string of the molecule is CCCCCCCCCCC/C(=N\O)c1ccc(OCCCC)cc1O. The van der Waals surface area contributed by atoms with Crippen molar-refractivity contribution in [1.82, 2.24) is 0 Å². The first-order valence-corrected chi connectivity index (χ1v) is 10.4. The topological polar surface area (TPSA) is 62.1 Å². The zero-order chi connectivity index (χ0) is 19.0. The number of oxime groups is 1. The highest BCUT2D eigenvalue weighted by Gasteiger charge is 2.11. The van der Waals surface area contributed by atoms with E-state index in [2.05, 4.69) is 19.0 Å². The Kier molecular flexibility index (Phi) is 12.4. The number of aromatic hydroxyl groups is 1. The van der Waals surface area contributed by atoms with E-state index in [4.69, 9.17) is 4.74 Å². The minimum absolute atomic E-state index is 0.114. The molecule has 0 aliphatic rings. The van der Waals surface area contributed by atoms with Crippen LogP contribution in [0.5, 0.6) is 11.5 Å². The highest BCUT2D eigenvalue weighted by atomic mass is 16.5. The van der Waals surface area contributed by atoms with Crippen molar-refractivity contribution in [3.63, 3.8) is 0 Å². The average molecular weight is 364 g/mol. The standard InChI is InChI=1S/C22H37NO3/c1-3-5-7-8-9-10-11-12-13-14-21(23-25)20-16-15-19(18-22(20)24)26-17-6-4-2/h15-16,18,24-25H,3-14,17H2,1-2H3/b23-21+. The first-order chi connectivity index (χ1) is 12.7. The largest absolute Gasteiger partial charge is 0.507 e. The third-order valence-corrected chi connectivity index (χ3v) is 4.68. The number of nitrogens with zero attached hydrogens (tertiary/aromatic N) is 1. The van der Waals surface area contributed by atoms with E-state index in [-0.39, 0.29) is 5.75 Å². The van der Waals surface area contributed by atoms with Crippen LogP contribution in [-0.2, 0) is 0 Å². The third-order valence-electron chi connectivity index (χ3n) is 4.68. The number of rotatable bonds is 15. The van der Waals surface area contributed by atoms with Gasteiger partial charge in [-0.05, 0) is 31.4 Å². The molecule has 0 aliphatic carbocycles. The summed E-state index contributed by atoms with van der Waals surface area (Å²) in [5, 5.41) is 22.9. The van der Waals surface area contributed by atoms with Crippen LogP contribution in [0, 0.1) is 0 Å². The summed E-state index contributed by atoms with van der Waals surface area (Å²) in [5.74, 6) is 0.766. The number of benzene rings is 1. The van der Waals surface area contributed by atoms with Gasteiger partial charge >= 0.3 is 0 Å². The highest BCUT2D eigenvalue weighted by Crippen LogP contribution is 2.26. The lowest BCUT2D eigenvalue weighted by Gasteiger charge is -2.10. The molecule has 0 bridgehead atoms. The van der Waals surface area contributed by atoms with Crippen LogP contribution >= 0.6 is 0 Å². The quantitative estimate of drug-likeness (QED) is 0.158. The molecule has 1 aromatic rings. The summed E-state index contributed by atoms with van der Waals surface area (Å²) in [6, 6.07) is 5.21. The molecule has 0 spiro atoms. The molecule has 0 atom stereocenters. The maximum Gasteiger partial charge on any atom is 0.128 e. The number of unbranched alkanes of at least 4 members (excludes halogenated alkanes) is 9. The van der Waals surface area contributed by atoms with Gasteiger partial charge in [0.1, 0.15) is 11.5 Å². The van der Waals surface area contributed by atoms with E-state index in [1.165, 1.54) is 44.9 Å². The molecular formula is C22H37NO3. The van der Waals surface area contributed by atoms with E-state index in [9.17, 15) is 10.3 Å². The van der Waals surface area contributed by atoms with Gasteiger partial charge in [-0.3, -0.25) is 0 Å². The maximum absolute atomic E-state index is 10.2. The molecule has 0 heterocycles. The summed E-state index contributed by atoms with van der Waals surface area (Å²) >= 11 is 0. The molecule has 1 aromatic carbocycles. The molecule has 0 saturated heterocycles. The molecule has 0 aromatic heterocycles. The molecule has 0 unspecified atom stereocenters. The Morgan fingerprint density at radius 1 is 0.885 bits per heavy atom. The monoisotopic (exact) mass is 363 g/mol. The van der Waals surface area contributed by atoms with Crippen molar-refractivity contribution in [2.45, 2.75) is 90.9 Å². The first-order valence-electron chi connectivity index (χ1n) is 10.4. The predicted octanol–water partition coefficient (Wildman–Crippen LogP) is 6.67. The van der Waals surface area contributed by atoms with Crippen LogP contribution in [0.1, 0.15) is 96.5 Å². The van der Waals surface area contributed by atoms with E-state index >= 15 is 0 Å². The number of phenolic OH excluding ortho intramolecular Hbond substituents is 1. The molecule has 2 N–H and O–H groups in total. The zero-order valence-corrected chi connectivity index (χ0v) is 16.7. The fourth-order valence-corrected chi connectivity index (χ4v) is 3.02. The second-order valence-electron chi connectivity index (χ2n) is 7.01. The van der Waals surface area contributed by atoms with Gasteiger partial charge in [0.25, 0.3) is 0 Å². The second kappa shape index (κ2) is 14.5. The van der Waals surface area contributed by atoms with Crippen LogP contribution in [0.15, 0.2) is 23.4 Å². The second-order valence-corrected chi connectivity index (χ2v) is 7.01. The lowest BCUT2D eigenvalue weighted by Crippen LogP contribution is -2.03. The molecule has 0 amide bonds. The van der Waals surface area contributed by atoms with Gasteiger partial charge in [-0.15, -0.1) is 0 Å². The number of hydrogen-bond acceptors (Lipinski definition) is 4. The van der Waals surface area contributed by atoms with E-state index in [0.29, 0.717) is 30.1 Å². The fourth-order valence-electron chi connectivity index (χ4n) is 3.02. The van der Waals surface area contributed by atoms with Gasteiger partial charge in [-0.25, -0.2) is 0 Å². The third kappa shape index (κ3) is 9.12. The van der Waals surface area contributed by atoms with Crippen molar-refractivity contribution >= 4 is 5.71 Å². The van der Waals surface area contributed by atoms with Crippen molar-refractivity contribution < 1.29 is 15.1 Å². The molecule has 1 rings (SSSR count). The molecule has 4 heteroatoms. The van der Waals surface area contributed by atoms with Crippen molar-refractivity contribution in [3.05, 3.63) is 23.8 Å². The van der Waals surface area contributed by atoms with Crippen LogP contribution in [-0.4, -0.2) is 22.6 Å². The summed E-state index contributed by atoms with van der Waals surface area (Å²) in [5.41, 5.74) is 1.14. The first kappa shape index (κ1) is 22.3. The summed E-state index contributed by atoms with van der Waals surface area (Å²) in [7, 11) is 0. The van der Waals surface area contributed by atoms with Crippen molar-refractivity contribution in [1.29, 1.82) is 0 Å². The number of phenols is 1. The summed E-state index contributed by atoms with van der Waals surface area (Å²) in [6.45, 7) is 5.00. The fraction of sp³-hybridized carbons (Fsp3) is 0.682. The Morgan fingerprint density at radius 3 is 2.08 bits per heavy atom. The van der Waals surface area contributed by atoms with E-state index in [0.717, 1.165) is 25.7 Å². The Balaban J connectivity index is 2.32. The van der Waals surface area contributed by atoms with Crippen molar-refractivity contribution in [2.75, 3.05) is 6.61 Å². The molecule has 0 radical (unpaired) electrons. The minimum Gasteiger partial charge on any atom is -0.507 e. The van der Waals surface area contributed by atoms with Crippen molar-refractivity contribution in [2.24, 2.45) is 5.16 Å². The van der Waals surface area contributed by atoms with Gasteiger partial charge < -0.3 is 15.1 Å². The Hall–Kier alpha value is -1.71. The Bertz CT molecular complexity index is 514. The van der Waals surface area contributed by atoms with Gasteiger partial charge in [-0.2, -0.15) is 0 Å². The lowest BCUT2D eigenvalue weighted by atomic mass is 10.0. The predicted molar refractivity (Wildman–Crippen MR) is 109 cm³/mol. The summed E-state index contributed by atoms with van der Waals surface area (Å²) < 4.78 is 5.59. The Labute approximate surface area is 159 Å². The lowest BCUT2D eigenvalue weighted by molar-refractivity contribution is 0.307. The summed E-state index contributed by atoms with van der Waals surface area (Å²) in [4.78, 5) is 0. The molecular weight excluding hydrogens is 326 g/mol. The van der Waals surface area contributed by atoms with Gasteiger partial charge in [0.05, 0.1) is 12.3 Å². The molecule has 4 nitrogen and oxygen atoms in total. The van der Waals surface area contributed by atoms with Crippen LogP contribution in [0.4, 0.5) is 0 Å². The molecule has 26 heavy (non-hydrogen) atoms. The average Bonchev–Trinajstić information content (AvgIpc) is 2.64. The van der Waals surface area contributed by atoms with Crippen LogP contribution < -0.4 is 4.74 Å². The van der Waals surface area contributed by atoms with Gasteiger partial charge in [0.2, 0.25) is 0 Å². The normalized spacial score (nSPS) is 11.7. The maximum atomic E-state index is 10.2. The van der Waals surface area contributed by atoms with Gasteiger partial charge in [-0.1, -0.05) is 76.8 Å². The zero-order valence-electron chi connectivity index (χ0n) is 16.7. The van der Waals surface area contributed by atoms with Gasteiger partial charge in [0.15, 0.2) is 0 Å². The van der Waals surface area contributed by atoms with E-state index < -0.39 is 0 Å². The van der Waals surface area contributed by atoms with E-state index in [1.807, 2.05) is 6.07 Å². The van der Waals surface area contributed by atoms with E-state index in [1.54, 1.807) is 12.1 Å².